The van der Waals surface area contributed by atoms with E-state index in [1.165, 1.54) is 11.3 Å². The lowest BCUT2D eigenvalue weighted by Crippen LogP contribution is -2.39. The maximum absolute atomic E-state index is 12.9. The molecule has 2 N–H and O–H groups in total. The molecule has 1 heterocycles. The second-order valence-corrected chi connectivity index (χ2v) is 8.38. The molecule has 1 aromatic heterocycles. The van der Waals surface area contributed by atoms with Gasteiger partial charge in [-0.05, 0) is 31.5 Å². The third kappa shape index (κ3) is 7.43. The number of benzene rings is 1. The Morgan fingerprint density at radius 1 is 1.27 bits per heavy atom. The third-order valence-electron chi connectivity index (χ3n) is 4.38. The lowest BCUT2D eigenvalue weighted by Gasteiger charge is -2.21. The summed E-state index contributed by atoms with van der Waals surface area (Å²) in [7, 11) is 1.57. The molecule has 7 nitrogen and oxygen atoms in total. The summed E-state index contributed by atoms with van der Waals surface area (Å²) in [6.45, 7) is 4.99. The van der Waals surface area contributed by atoms with Crippen LogP contribution in [-0.4, -0.2) is 54.5 Å². The molecule has 0 unspecified atom stereocenters. The zero-order valence-corrected chi connectivity index (χ0v) is 19.5. The van der Waals surface area contributed by atoms with Crippen molar-refractivity contribution in [1.29, 1.82) is 0 Å². The number of nitrogens with zero attached hydrogens (tertiary/aromatic N) is 2. The first-order valence-electron chi connectivity index (χ1n) is 9.59. The number of methoxy groups -OCH3 is 1. The Morgan fingerprint density at radius 2 is 2.03 bits per heavy atom. The minimum Gasteiger partial charge on any atom is -0.383 e. The minimum absolute atomic E-state index is 0.0835. The molecule has 0 aliphatic heterocycles. The van der Waals surface area contributed by atoms with Gasteiger partial charge in [0.25, 0.3) is 5.91 Å². The molecule has 2 rings (SSSR count). The van der Waals surface area contributed by atoms with Crippen LogP contribution in [0.1, 0.15) is 37.2 Å². The largest absolute Gasteiger partial charge is 0.383 e. The fourth-order valence-electron chi connectivity index (χ4n) is 2.49. The Bertz CT molecular complexity index is 862. The molecule has 0 aliphatic carbocycles. The summed E-state index contributed by atoms with van der Waals surface area (Å²) in [4.78, 5) is 31.0. The van der Waals surface area contributed by atoms with E-state index in [1.54, 1.807) is 35.6 Å². The van der Waals surface area contributed by atoms with Crippen molar-refractivity contribution in [3.63, 3.8) is 0 Å². The Labute approximate surface area is 190 Å². The summed E-state index contributed by atoms with van der Waals surface area (Å²) in [5.74, 6) is -0.332. The van der Waals surface area contributed by atoms with Gasteiger partial charge >= 0.3 is 0 Å². The van der Waals surface area contributed by atoms with Crippen LogP contribution in [0.5, 0.6) is 0 Å². The van der Waals surface area contributed by atoms with Gasteiger partial charge in [0.15, 0.2) is 5.13 Å². The lowest BCUT2D eigenvalue weighted by molar-refractivity contribution is -0.121. The SMILES string of the molecule is CC[C@@H](C)NC(=O)CCN(CCOC)C(=O)c1csc(Nc2ccc(Cl)c(Cl)c2)n1. The lowest BCUT2D eigenvalue weighted by atomic mass is 10.2. The highest BCUT2D eigenvalue weighted by molar-refractivity contribution is 7.14. The number of hydrogen-bond acceptors (Lipinski definition) is 6. The Hall–Kier alpha value is -1.87. The summed E-state index contributed by atoms with van der Waals surface area (Å²) in [6, 6.07) is 5.25. The van der Waals surface area contributed by atoms with Crippen LogP contribution in [0.4, 0.5) is 10.8 Å². The van der Waals surface area contributed by atoms with Gasteiger partial charge in [-0.3, -0.25) is 9.59 Å². The molecule has 164 valence electrons. The number of carbonyl (C=O) groups is 2. The van der Waals surface area contributed by atoms with E-state index in [0.29, 0.717) is 34.0 Å². The van der Waals surface area contributed by atoms with Gasteiger partial charge in [-0.25, -0.2) is 4.98 Å². The number of rotatable bonds is 11. The van der Waals surface area contributed by atoms with Crippen LogP contribution < -0.4 is 10.6 Å². The van der Waals surface area contributed by atoms with Crippen molar-refractivity contribution in [1.82, 2.24) is 15.2 Å². The molecule has 0 saturated carbocycles. The second kappa shape index (κ2) is 12.1. The predicted octanol–water partition coefficient (Wildman–Crippen LogP) is 4.59. The number of aromatic nitrogens is 1. The monoisotopic (exact) mass is 472 g/mol. The molecule has 2 aromatic rings. The standard InChI is InChI=1S/C20H26Cl2N4O3S/c1-4-13(2)23-18(27)7-8-26(9-10-29-3)19(28)17-12-30-20(25-17)24-14-5-6-15(21)16(22)11-14/h5-6,11-13H,4,7-10H2,1-3H3,(H,23,27)(H,24,25)/t13-/m1/s1. The van der Waals surface area contributed by atoms with Gasteiger partial charge in [-0.2, -0.15) is 0 Å². The Balaban J connectivity index is 2.02. The number of amides is 2. The molecule has 1 atom stereocenters. The van der Waals surface area contributed by atoms with Gasteiger partial charge in [0.05, 0.1) is 16.7 Å². The van der Waals surface area contributed by atoms with Crippen molar-refractivity contribution >= 4 is 57.2 Å². The number of carbonyl (C=O) groups excluding carboxylic acids is 2. The molecular formula is C20H26Cl2N4O3S. The fraction of sp³-hybridized carbons (Fsp3) is 0.450. The summed E-state index contributed by atoms with van der Waals surface area (Å²) in [5, 5.41) is 9.14. The average Bonchev–Trinajstić information content (AvgIpc) is 3.18. The van der Waals surface area contributed by atoms with E-state index in [1.807, 2.05) is 13.8 Å². The number of halogens is 2. The molecule has 0 saturated heterocycles. The van der Waals surface area contributed by atoms with Gasteiger partial charge in [0.1, 0.15) is 5.69 Å². The molecule has 30 heavy (non-hydrogen) atoms. The highest BCUT2D eigenvalue weighted by Gasteiger charge is 2.20. The van der Waals surface area contributed by atoms with Gasteiger partial charge in [-0.15, -0.1) is 11.3 Å². The van der Waals surface area contributed by atoms with Gasteiger partial charge in [0, 0.05) is 43.7 Å². The van der Waals surface area contributed by atoms with Crippen LogP contribution in [0.15, 0.2) is 23.6 Å². The normalized spacial score (nSPS) is 11.8. The highest BCUT2D eigenvalue weighted by Crippen LogP contribution is 2.28. The number of anilines is 2. The smallest absolute Gasteiger partial charge is 0.273 e. The average molecular weight is 473 g/mol. The molecular weight excluding hydrogens is 447 g/mol. The Kier molecular flexibility index (Phi) is 9.84. The van der Waals surface area contributed by atoms with E-state index in [-0.39, 0.29) is 30.8 Å². The molecule has 0 fully saturated rings. The zero-order valence-electron chi connectivity index (χ0n) is 17.2. The van der Waals surface area contributed by atoms with E-state index in [2.05, 4.69) is 15.6 Å². The van der Waals surface area contributed by atoms with E-state index in [4.69, 9.17) is 27.9 Å². The molecule has 10 heteroatoms. The van der Waals surface area contributed by atoms with E-state index < -0.39 is 0 Å². The van der Waals surface area contributed by atoms with Crippen LogP contribution in [0, 0.1) is 0 Å². The van der Waals surface area contributed by atoms with Gasteiger partial charge in [0.2, 0.25) is 5.91 Å². The van der Waals surface area contributed by atoms with E-state index >= 15 is 0 Å². The van der Waals surface area contributed by atoms with Crippen molar-refractivity contribution < 1.29 is 14.3 Å². The van der Waals surface area contributed by atoms with Crippen LogP contribution >= 0.6 is 34.5 Å². The van der Waals surface area contributed by atoms with E-state index in [9.17, 15) is 9.59 Å². The minimum atomic E-state index is -0.248. The summed E-state index contributed by atoms with van der Waals surface area (Å²) in [5.41, 5.74) is 1.02. The summed E-state index contributed by atoms with van der Waals surface area (Å²) >= 11 is 13.3. The maximum Gasteiger partial charge on any atom is 0.273 e. The maximum atomic E-state index is 12.9. The Morgan fingerprint density at radius 3 is 2.70 bits per heavy atom. The molecule has 1 aromatic carbocycles. The van der Waals surface area contributed by atoms with Crippen molar-refractivity contribution in [2.75, 3.05) is 32.1 Å². The number of nitrogens with one attached hydrogen (secondary N) is 2. The fourth-order valence-corrected chi connectivity index (χ4v) is 3.49. The van der Waals surface area contributed by atoms with Crippen molar-refractivity contribution in [2.45, 2.75) is 32.7 Å². The molecule has 0 aliphatic rings. The predicted molar refractivity (Wildman–Crippen MR) is 122 cm³/mol. The van der Waals surface area contributed by atoms with Gasteiger partial charge < -0.3 is 20.3 Å². The van der Waals surface area contributed by atoms with Crippen LogP contribution in [0.2, 0.25) is 10.0 Å². The van der Waals surface area contributed by atoms with Crippen molar-refractivity contribution in [3.8, 4) is 0 Å². The number of hydrogen-bond donors (Lipinski definition) is 2. The zero-order chi connectivity index (χ0) is 22.1. The third-order valence-corrected chi connectivity index (χ3v) is 5.87. The first-order valence-corrected chi connectivity index (χ1v) is 11.2. The number of thiazole rings is 1. The first-order chi connectivity index (χ1) is 14.3. The van der Waals surface area contributed by atoms with Gasteiger partial charge in [-0.1, -0.05) is 30.1 Å². The topological polar surface area (TPSA) is 83.6 Å². The second-order valence-electron chi connectivity index (χ2n) is 6.70. The molecule has 0 radical (unpaired) electrons. The van der Waals surface area contributed by atoms with Crippen LogP contribution in [0.3, 0.4) is 0 Å². The quantitative estimate of drug-likeness (QED) is 0.499. The van der Waals surface area contributed by atoms with Crippen molar-refractivity contribution in [2.24, 2.45) is 0 Å². The van der Waals surface area contributed by atoms with Crippen LogP contribution in [-0.2, 0) is 9.53 Å². The highest BCUT2D eigenvalue weighted by atomic mass is 35.5. The molecule has 0 spiro atoms. The van der Waals surface area contributed by atoms with Crippen molar-refractivity contribution in [3.05, 3.63) is 39.3 Å². The van der Waals surface area contributed by atoms with Crippen LogP contribution in [0.25, 0.3) is 0 Å². The summed E-state index contributed by atoms with van der Waals surface area (Å²) in [6.07, 6.45) is 1.07. The molecule has 2 amide bonds. The molecule has 0 bridgehead atoms. The number of ether oxygens (including phenoxy) is 1. The summed E-state index contributed by atoms with van der Waals surface area (Å²) < 4.78 is 5.10. The first kappa shape index (κ1) is 24.4. The van der Waals surface area contributed by atoms with E-state index in [0.717, 1.165) is 12.1 Å².